The molecule has 4 rings (SSSR count). The SMILES string of the molecule is Cc1cnccc1-n1nc(CC(N)=O)nc1C1CCn2nccc2C1. The van der Waals surface area contributed by atoms with Crippen LogP contribution >= 0.6 is 0 Å². The average molecular weight is 337 g/mol. The molecule has 8 heteroatoms. The Morgan fingerprint density at radius 2 is 2.24 bits per heavy atom. The molecular weight excluding hydrogens is 318 g/mol. The Morgan fingerprint density at radius 1 is 1.36 bits per heavy atom. The first-order valence-electron chi connectivity index (χ1n) is 8.27. The van der Waals surface area contributed by atoms with Gasteiger partial charge in [-0.05, 0) is 37.5 Å². The Bertz CT molecular complexity index is 927. The Labute approximate surface area is 144 Å². The molecule has 0 aliphatic carbocycles. The zero-order chi connectivity index (χ0) is 17.4. The summed E-state index contributed by atoms with van der Waals surface area (Å²) in [5.74, 6) is 1.10. The maximum absolute atomic E-state index is 11.3. The lowest BCUT2D eigenvalue weighted by molar-refractivity contribution is -0.117. The van der Waals surface area contributed by atoms with Crippen molar-refractivity contribution in [2.75, 3.05) is 0 Å². The maximum Gasteiger partial charge on any atom is 0.225 e. The van der Waals surface area contributed by atoms with Crippen LogP contribution in [0.15, 0.2) is 30.7 Å². The standard InChI is InChI=1S/C17H19N7O/c1-11-10-19-5-3-14(11)24-17(21-16(22-24)9-15(18)25)12-4-7-23-13(8-12)2-6-20-23/h2-3,5-6,10,12H,4,7-9H2,1H3,(H2,18,25). The van der Waals surface area contributed by atoms with E-state index in [9.17, 15) is 4.79 Å². The smallest absolute Gasteiger partial charge is 0.225 e. The van der Waals surface area contributed by atoms with Crippen LogP contribution in [0.1, 0.15) is 35.2 Å². The highest BCUT2D eigenvalue weighted by molar-refractivity contribution is 5.75. The first-order chi connectivity index (χ1) is 12.1. The molecule has 1 aliphatic heterocycles. The van der Waals surface area contributed by atoms with Crippen molar-refractivity contribution < 1.29 is 4.79 Å². The monoisotopic (exact) mass is 337 g/mol. The Hall–Kier alpha value is -3.03. The molecule has 0 spiro atoms. The van der Waals surface area contributed by atoms with Gasteiger partial charge in [0.05, 0.1) is 12.1 Å². The summed E-state index contributed by atoms with van der Waals surface area (Å²) in [5.41, 5.74) is 8.44. The molecule has 0 fully saturated rings. The fourth-order valence-corrected chi connectivity index (χ4v) is 3.33. The van der Waals surface area contributed by atoms with Gasteiger partial charge in [0.15, 0.2) is 5.82 Å². The molecule has 3 aromatic rings. The van der Waals surface area contributed by atoms with Crippen LogP contribution < -0.4 is 5.73 Å². The second kappa shape index (κ2) is 6.12. The second-order valence-electron chi connectivity index (χ2n) is 6.34. The van der Waals surface area contributed by atoms with Crippen molar-refractivity contribution in [1.82, 2.24) is 29.5 Å². The third-order valence-corrected chi connectivity index (χ3v) is 4.54. The summed E-state index contributed by atoms with van der Waals surface area (Å²) in [6.07, 6.45) is 7.16. The first kappa shape index (κ1) is 15.5. The summed E-state index contributed by atoms with van der Waals surface area (Å²) in [6.45, 7) is 2.83. The number of aryl methyl sites for hydroxylation is 2. The van der Waals surface area contributed by atoms with Crippen LogP contribution in [-0.2, 0) is 24.2 Å². The van der Waals surface area contributed by atoms with E-state index in [1.807, 2.05) is 34.6 Å². The van der Waals surface area contributed by atoms with Crippen molar-refractivity contribution in [2.45, 2.75) is 38.6 Å². The van der Waals surface area contributed by atoms with Gasteiger partial charge in [0, 0.05) is 36.7 Å². The Morgan fingerprint density at radius 3 is 3.04 bits per heavy atom. The number of carbonyl (C=O) groups excluding carboxylic acids is 1. The maximum atomic E-state index is 11.3. The number of carbonyl (C=O) groups is 1. The van der Waals surface area contributed by atoms with Crippen LogP contribution in [-0.4, -0.2) is 35.4 Å². The van der Waals surface area contributed by atoms with E-state index < -0.39 is 5.91 Å². The van der Waals surface area contributed by atoms with Crippen molar-refractivity contribution in [3.05, 3.63) is 53.6 Å². The summed E-state index contributed by atoms with van der Waals surface area (Å²) in [4.78, 5) is 20.1. The zero-order valence-corrected chi connectivity index (χ0v) is 14.0. The van der Waals surface area contributed by atoms with E-state index in [0.717, 1.165) is 36.5 Å². The molecule has 0 radical (unpaired) electrons. The number of nitrogens with two attached hydrogens (primary N) is 1. The molecule has 0 saturated carbocycles. The molecule has 25 heavy (non-hydrogen) atoms. The molecule has 3 aromatic heterocycles. The number of hydrogen-bond acceptors (Lipinski definition) is 5. The van der Waals surface area contributed by atoms with E-state index in [2.05, 4.69) is 20.2 Å². The van der Waals surface area contributed by atoms with Crippen molar-refractivity contribution in [3.8, 4) is 5.69 Å². The molecule has 1 amide bonds. The highest BCUT2D eigenvalue weighted by Gasteiger charge is 2.27. The van der Waals surface area contributed by atoms with Crippen molar-refractivity contribution in [3.63, 3.8) is 0 Å². The topological polar surface area (TPSA) is 105 Å². The van der Waals surface area contributed by atoms with Crippen LogP contribution in [0.4, 0.5) is 0 Å². The number of fused-ring (bicyclic) bond motifs is 1. The quantitative estimate of drug-likeness (QED) is 0.762. The molecule has 0 bridgehead atoms. The van der Waals surface area contributed by atoms with Gasteiger partial charge >= 0.3 is 0 Å². The zero-order valence-electron chi connectivity index (χ0n) is 14.0. The number of rotatable bonds is 4. The lowest BCUT2D eigenvalue weighted by Gasteiger charge is -2.23. The van der Waals surface area contributed by atoms with Gasteiger partial charge in [-0.25, -0.2) is 9.67 Å². The van der Waals surface area contributed by atoms with Crippen LogP contribution in [0, 0.1) is 6.92 Å². The first-order valence-corrected chi connectivity index (χ1v) is 8.27. The summed E-state index contributed by atoms with van der Waals surface area (Å²) in [5, 5.41) is 8.88. The summed E-state index contributed by atoms with van der Waals surface area (Å²) in [6, 6.07) is 3.95. The van der Waals surface area contributed by atoms with Gasteiger partial charge in [0.2, 0.25) is 5.91 Å². The van der Waals surface area contributed by atoms with E-state index in [1.54, 1.807) is 12.4 Å². The molecule has 1 aliphatic rings. The van der Waals surface area contributed by atoms with Crippen LogP contribution in [0.5, 0.6) is 0 Å². The average Bonchev–Trinajstić information content (AvgIpc) is 3.20. The fraction of sp³-hybridized carbons (Fsp3) is 0.353. The molecular formula is C17H19N7O. The lowest BCUT2D eigenvalue weighted by atomic mass is 9.95. The predicted octanol–water partition coefficient (Wildman–Crippen LogP) is 0.925. The molecule has 4 heterocycles. The molecule has 2 N–H and O–H groups in total. The number of nitrogens with zero attached hydrogens (tertiary/aromatic N) is 6. The second-order valence-corrected chi connectivity index (χ2v) is 6.34. The van der Waals surface area contributed by atoms with Gasteiger partial charge < -0.3 is 5.73 Å². The van der Waals surface area contributed by atoms with E-state index in [1.165, 1.54) is 5.69 Å². The molecule has 8 nitrogen and oxygen atoms in total. The Kier molecular flexibility index (Phi) is 3.79. The third kappa shape index (κ3) is 2.90. The van der Waals surface area contributed by atoms with Crippen LogP contribution in [0.25, 0.3) is 5.69 Å². The van der Waals surface area contributed by atoms with Gasteiger partial charge in [0.25, 0.3) is 0 Å². The van der Waals surface area contributed by atoms with Gasteiger partial charge in [-0.3, -0.25) is 14.5 Å². The third-order valence-electron chi connectivity index (χ3n) is 4.54. The number of hydrogen-bond donors (Lipinski definition) is 1. The number of pyridine rings is 1. The van der Waals surface area contributed by atoms with Gasteiger partial charge in [-0.15, -0.1) is 0 Å². The van der Waals surface area contributed by atoms with Gasteiger partial charge in [-0.2, -0.15) is 10.2 Å². The van der Waals surface area contributed by atoms with Crippen molar-refractivity contribution >= 4 is 5.91 Å². The summed E-state index contributed by atoms with van der Waals surface area (Å²) in [7, 11) is 0. The minimum absolute atomic E-state index is 0.0365. The van der Waals surface area contributed by atoms with Crippen molar-refractivity contribution in [2.24, 2.45) is 5.73 Å². The minimum atomic E-state index is -0.433. The normalized spacial score (nSPS) is 16.6. The molecule has 1 atom stereocenters. The summed E-state index contributed by atoms with van der Waals surface area (Å²) < 4.78 is 3.87. The van der Waals surface area contributed by atoms with Crippen molar-refractivity contribution in [1.29, 1.82) is 0 Å². The predicted molar refractivity (Wildman–Crippen MR) is 90.1 cm³/mol. The molecule has 0 saturated heterocycles. The van der Waals surface area contributed by atoms with Gasteiger partial charge in [0.1, 0.15) is 5.82 Å². The number of aromatic nitrogens is 6. The fourth-order valence-electron chi connectivity index (χ4n) is 3.33. The number of primary amides is 1. The molecule has 128 valence electrons. The summed E-state index contributed by atoms with van der Waals surface area (Å²) >= 11 is 0. The minimum Gasteiger partial charge on any atom is -0.369 e. The van der Waals surface area contributed by atoms with Crippen LogP contribution in [0.3, 0.4) is 0 Å². The van der Waals surface area contributed by atoms with Gasteiger partial charge in [-0.1, -0.05) is 0 Å². The molecule has 1 unspecified atom stereocenters. The van der Waals surface area contributed by atoms with E-state index >= 15 is 0 Å². The van der Waals surface area contributed by atoms with E-state index in [0.29, 0.717) is 5.82 Å². The number of amides is 1. The highest BCUT2D eigenvalue weighted by Crippen LogP contribution is 2.30. The van der Waals surface area contributed by atoms with E-state index in [4.69, 9.17) is 5.73 Å². The lowest BCUT2D eigenvalue weighted by Crippen LogP contribution is -2.21. The van der Waals surface area contributed by atoms with Crippen LogP contribution in [0.2, 0.25) is 0 Å². The highest BCUT2D eigenvalue weighted by atomic mass is 16.1. The Balaban J connectivity index is 1.77. The molecule has 0 aromatic carbocycles. The largest absolute Gasteiger partial charge is 0.369 e. The van der Waals surface area contributed by atoms with E-state index in [-0.39, 0.29) is 12.3 Å².